The van der Waals surface area contributed by atoms with Gasteiger partial charge in [-0.25, -0.2) is 0 Å². The Balaban J connectivity index is 2.17. The molecule has 0 radical (unpaired) electrons. The number of hydrogen-bond acceptors (Lipinski definition) is 2. The van der Waals surface area contributed by atoms with Crippen molar-refractivity contribution >= 4 is 28.9 Å². The molecule has 17 heavy (non-hydrogen) atoms. The van der Waals surface area contributed by atoms with E-state index in [9.17, 15) is 0 Å². The normalized spacial score (nSPS) is 21.4. The van der Waals surface area contributed by atoms with Crippen molar-refractivity contribution in [2.45, 2.75) is 25.3 Å². The molecule has 1 aliphatic heterocycles. The van der Waals surface area contributed by atoms with Crippen molar-refractivity contribution in [2.75, 3.05) is 24.6 Å². The van der Waals surface area contributed by atoms with Gasteiger partial charge in [-0.15, -0.1) is 11.6 Å². The van der Waals surface area contributed by atoms with Crippen LogP contribution in [0.4, 0.5) is 5.69 Å². The minimum absolute atomic E-state index is 0.268. The zero-order valence-corrected chi connectivity index (χ0v) is 11.5. The molecule has 94 valence electrons. The fraction of sp³-hybridized carbons (Fsp3) is 0.538. The average molecular weight is 274 g/mol. The first-order valence-electron chi connectivity index (χ1n) is 5.91. The van der Waals surface area contributed by atoms with Crippen molar-refractivity contribution in [2.24, 2.45) is 0 Å². The fourth-order valence-electron chi connectivity index (χ4n) is 2.07. The number of nitrogens with zero attached hydrogens (tertiary/aromatic N) is 1. The Morgan fingerprint density at radius 1 is 1.47 bits per heavy atom. The van der Waals surface area contributed by atoms with E-state index >= 15 is 0 Å². The van der Waals surface area contributed by atoms with Crippen LogP contribution in [0.15, 0.2) is 18.2 Å². The number of anilines is 1. The molecule has 0 amide bonds. The van der Waals surface area contributed by atoms with E-state index in [4.69, 9.17) is 27.9 Å². The molecule has 0 aromatic heterocycles. The maximum absolute atomic E-state index is 6.18. The predicted molar refractivity (Wildman–Crippen MR) is 73.3 cm³/mol. The van der Waals surface area contributed by atoms with Crippen LogP contribution in [0.1, 0.15) is 18.9 Å². The van der Waals surface area contributed by atoms with Crippen molar-refractivity contribution in [3.8, 4) is 0 Å². The summed E-state index contributed by atoms with van der Waals surface area (Å²) < 4.78 is 5.63. The molecule has 1 unspecified atom stereocenters. The van der Waals surface area contributed by atoms with E-state index in [0.717, 1.165) is 42.4 Å². The molecule has 1 saturated heterocycles. The van der Waals surface area contributed by atoms with E-state index in [-0.39, 0.29) is 6.10 Å². The number of ether oxygens (including phenoxy) is 1. The van der Waals surface area contributed by atoms with Crippen LogP contribution >= 0.6 is 23.2 Å². The Hall–Kier alpha value is -0.440. The quantitative estimate of drug-likeness (QED) is 0.762. The standard InChI is InChI=1S/C13H17Cl2NO/c1-10-9-16(5-2-6-17-10)12-4-3-11(8-14)13(15)7-12/h3-4,7,10H,2,5-6,8-9H2,1H3. The molecule has 1 atom stereocenters. The number of hydrogen-bond donors (Lipinski definition) is 0. The van der Waals surface area contributed by atoms with Crippen molar-refractivity contribution in [1.82, 2.24) is 0 Å². The SMILES string of the molecule is CC1CN(c2ccc(CCl)c(Cl)c2)CCCO1. The van der Waals surface area contributed by atoms with Crippen LogP contribution in [-0.2, 0) is 10.6 Å². The Morgan fingerprint density at radius 2 is 2.29 bits per heavy atom. The van der Waals surface area contributed by atoms with Crippen LogP contribution < -0.4 is 4.90 Å². The van der Waals surface area contributed by atoms with Crippen LogP contribution in [-0.4, -0.2) is 25.8 Å². The van der Waals surface area contributed by atoms with Crippen LogP contribution in [0.3, 0.4) is 0 Å². The van der Waals surface area contributed by atoms with Gasteiger partial charge in [0.1, 0.15) is 0 Å². The maximum atomic E-state index is 6.18. The second-order valence-corrected chi connectivity index (χ2v) is 5.06. The highest BCUT2D eigenvalue weighted by Crippen LogP contribution is 2.26. The van der Waals surface area contributed by atoms with Crippen LogP contribution in [0, 0.1) is 0 Å². The number of rotatable bonds is 2. The molecule has 0 aliphatic carbocycles. The summed E-state index contributed by atoms with van der Waals surface area (Å²) in [5, 5.41) is 0.746. The van der Waals surface area contributed by atoms with Gasteiger partial charge in [0.2, 0.25) is 0 Å². The van der Waals surface area contributed by atoms with E-state index in [0.29, 0.717) is 5.88 Å². The van der Waals surface area contributed by atoms with E-state index in [1.807, 2.05) is 12.1 Å². The first kappa shape index (κ1) is 13.0. The number of alkyl halides is 1. The summed E-state index contributed by atoms with van der Waals surface area (Å²) in [6.45, 7) is 4.87. The van der Waals surface area contributed by atoms with E-state index in [2.05, 4.69) is 17.9 Å². The highest BCUT2D eigenvalue weighted by molar-refractivity contribution is 6.32. The zero-order valence-electron chi connectivity index (χ0n) is 9.96. The lowest BCUT2D eigenvalue weighted by molar-refractivity contribution is 0.0821. The molecular weight excluding hydrogens is 257 g/mol. The molecule has 2 rings (SSSR count). The van der Waals surface area contributed by atoms with E-state index in [1.165, 1.54) is 0 Å². The minimum Gasteiger partial charge on any atom is -0.377 e. The third kappa shape index (κ3) is 3.27. The molecule has 0 N–H and O–H groups in total. The summed E-state index contributed by atoms with van der Waals surface area (Å²) >= 11 is 12.0. The topological polar surface area (TPSA) is 12.5 Å². The van der Waals surface area contributed by atoms with Crippen molar-refractivity contribution in [3.05, 3.63) is 28.8 Å². The molecule has 0 saturated carbocycles. The molecule has 1 fully saturated rings. The maximum Gasteiger partial charge on any atom is 0.0721 e. The summed E-state index contributed by atoms with van der Waals surface area (Å²) in [7, 11) is 0. The fourth-order valence-corrected chi connectivity index (χ4v) is 2.61. The van der Waals surface area contributed by atoms with Gasteiger partial charge in [-0.05, 0) is 31.0 Å². The highest BCUT2D eigenvalue weighted by atomic mass is 35.5. The summed E-state index contributed by atoms with van der Waals surface area (Å²) in [6, 6.07) is 6.08. The Bertz CT molecular complexity index is 384. The van der Waals surface area contributed by atoms with Crippen LogP contribution in [0.25, 0.3) is 0 Å². The van der Waals surface area contributed by atoms with E-state index < -0.39 is 0 Å². The van der Waals surface area contributed by atoms with Gasteiger partial charge in [0.25, 0.3) is 0 Å². The summed E-state index contributed by atoms with van der Waals surface area (Å²) in [5.74, 6) is 0.457. The summed E-state index contributed by atoms with van der Waals surface area (Å²) in [5.41, 5.74) is 2.14. The second kappa shape index (κ2) is 5.94. The molecule has 2 nitrogen and oxygen atoms in total. The lowest BCUT2D eigenvalue weighted by Gasteiger charge is -2.24. The first-order chi connectivity index (χ1) is 8.20. The number of halogens is 2. The first-order valence-corrected chi connectivity index (χ1v) is 6.83. The van der Waals surface area contributed by atoms with Gasteiger partial charge >= 0.3 is 0 Å². The molecular formula is C13H17Cl2NO. The second-order valence-electron chi connectivity index (χ2n) is 4.39. The summed E-state index contributed by atoms with van der Waals surface area (Å²) in [4.78, 5) is 2.32. The lowest BCUT2D eigenvalue weighted by Crippen LogP contribution is -2.30. The van der Waals surface area contributed by atoms with Crippen LogP contribution in [0.5, 0.6) is 0 Å². The van der Waals surface area contributed by atoms with Gasteiger partial charge < -0.3 is 9.64 Å². The molecule has 1 aliphatic rings. The zero-order chi connectivity index (χ0) is 12.3. The van der Waals surface area contributed by atoms with Crippen LogP contribution in [0.2, 0.25) is 5.02 Å². The van der Waals surface area contributed by atoms with Crippen molar-refractivity contribution in [1.29, 1.82) is 0 Å². The number of benzene rings is 1. The van der Waals surface area contributed by atoms with Crippen molar-refractivity contribution in [3.63, 3.8) is 0 Å². The average Bonchev–Trinajstić information content (AvgIpc) is 2.54. The Labute approximate surface area is 112 Å². The van der Waals surface area contributed by atoms with Gasteiger partial charge in [0, 0.05) is 36.3 Å². The Kier molecular flexibility index (Phi) is 4.55. The van der Waals surface area contributed by atoms with Gasteiger partial charge in [0.05, 0.1) is 6.10 Å². The van der Waals surface area contributed by atoms with Crippen molar-refractivity contribution < 1.29 is 4.74 Å². The third-order valence-corrected chi connectivity index (χ3v) is 3.64. The molecule has 1 aromatic rings. The largest absolute Gasteiger partial charge is 0.377 e. The smallest absolute Gasteiger partial charge is 0.0721 e. The molecule has 0 bridgehead atoms. The van der Waals surface area contributed by atoms with Gasteiger partial charge in [-0.2, -0.15) is 0 Å². The van der Waals surface area contributed by atoms with E-state index in [1.54, 1.807) is 0 Å². The molecule has 1 aromatic carbocycles. The van der Waals surface area contributed by atoms with Gasteiger partial charge in [0.15, 0.2) is 0 Å². The molecule has 1 heterocycles. The minimum atomic E-state index is 0.268. The Morgan fingerprint density at radius 3 is 3.00 bits per heavy atom. The lowest BCUT2D eigenvalue weighted by atomic mass is 10.2. The molecule has 4 heteroatoms. The molecule has 0 spiro atoms. The predicted octanol–water partition coefficient (Wildman–Crippen LogP) is 3.69. The van der Waals surface area contributed by atoms with Gasteiger partial charge in [-0.1, -0.05) is 17.7 Å². The highest BCUT2D eigenvalue weighted by Gasteiger charge is 2.16. The summed E-state index contributed by atoms with van der Waals surface area (Å²) in [6.07, 6.45) is 1.32. The van der Waals surface area contributed by atoms with Gasteiger partial charge in [-0.3, -0.25) is 0 Å². The third-order valence-electron chi connectivity index (χ3n) is 3.00. The monoisotopic (exact) mass is 273 g/mol.